The van der Waals surface area contributed by atoms with Crippen LogP contribution in [0.2, 0.25) is 0 Å². The number of morpholine rings is 1. The Bertz CT molecular complexity index is 416. The molecule has 20 heavy (non-hydrogen) atoms. The molecule has 2 N–H and O–H groups in total. The Labute approximate surface area is 123 Å². The summed E-state index contributed by atoms with van der Waals surface area (Å²) in [5.74, 6) is 0. The van der Waals surface area contributed by atoms with Crippen molar-refractivity contribution in [3.63, 3.8) is 0 Å². The molecule has 0 unspecified atom stereocenters. The lowest BCUT2D eigenvalue weighted by Gasteiger charge is -2.38. The molecule has 6 nitrogen and oxygen atoms in total. The van der Waals surface area contributed by atoms with Crippen LogP contribution >= 0.6 is 11.3 Å². The van der Waals surface area contributed by atoms with Gasteiger partial charge in [0.2, 0.25) is 0 Å². The molecule has 7 heteroatoms. The van der Waals surface area contributed by atoms with Crippen molar-refractivity contribution >= 4 is 22.5 Å². The van der Waals surface area contributed by atoms with Crippen molar-refractivity contribution in [2.75, 3.05) is 25.0 Å². The van der Waals surface area contributed by atoms with Gasteiger partial charge in [-0.05, 0) is 20.8 Å². The van der Waals surface area contributed by atoms with Gasteiger partial charge in [-0.25, -0.2) is 9.78 Å². The van der Waals surface area contributed by atoms with E-state index in [9.17, 15) is 4.79 Å². The summed E-state index contributed by atoms with van der Waals surface area (Å²) in [5.41, 5.74) is 0. The molecule has 112 valence electrons. The van der Waals surface area contributed by atoms with Crippen molar-refractivity contribution < 1.29 is 9.53 Å². The second-order valence-electron chi connectivity index (χ2n) is 5.23. The number of anilines is 1. The minimum absolute atomic E-state index is 0.207. The fourth-order valence-electron chi connectivity index (χ4n) is 2.37. The minimum Gasteiger partial charge on any atom is -0.373 e. The molecule has 0 aliphatic carbocycles. The van der Waals surface area contributed by atoms with Crippen LogP contribution in [0, 0.1) is 0 Å². The van der Waals surface area contributed by atoms with Gasteiger partial charge in [-0.3, -0.25) is 10.2 Å². The Morgan fingerprint density at radius 3 is 2.85 bits per heavy atom. The van der Waals surface area contributed by atoms with Crippen LogP contribution in [0.4, 0.5) is 9.93 Å². The SMILES string of the molecule is C[C@@H]1CN([C@@H](C)CNC(=O)Nc2nccs2)C[C@@H](C)O1. The van der Waals surface area contributed by atoms with Crippen LogP contribution in [0.15, 0.2) is 11.6 Å². The summed E-state index contributed by atoms with van der Waals surface area (Å²) in [4.78, 5) is 18.1. The maximum atomic E-state index is 11.7. The quantitative estimate of drug-likeness (QED) is 0.889. The summed E-state index contributed by atoms with van der Waals surface area (Å²) in [5, 5.41) is 8.04. The number of ether oxygens (including phenoxy) is 1. The van der Waals surface area contributed by atoms with Crippen molar-refractivity contribution in [2.45, 2.75) is 39.0 Å². The normalized spacial score (nSPS) is 25.1. The molecule has 1 aliphatic rings. The van der Waals surface area contributed by atoms with E-state index in [2.05, 4.69) is 41.3 Å². The highest BCUT2D eigenvalue weighted by molar-refractivity contribution is 7.13. The smallest absolute Gasteiger partial charge is 0.321 e. The third-order valence-corrected chi connectivity index (χ3v) is 3.97. The topological polar surface area (TPSA) is 66.5 Å². The first-order valence-electron chi connectivity index (χ1n) is 6.88. The number of thiazole rings is 1. The molecule has 1 aliphatic heterocycles. The van der Waals surface area contributed by atoms with Gasteiger partial charge in [-0.15, -0.1) is 11.3 Å². The standard InChI is InChI=1S/C13H22N4O2S/c1-9(17-7-10(2)19-11(3)8-17)6-15-12(18)16-13-14-4-5-20-13/h4-5,9-11H,6-8H2,1-3H3,(H2,14,15,16,18)/t9-,10+,11+/m0/s1. The Balaban J connectivity index is 1.74. The molecule has 1 saturated heterocycles. The molecule has 2 heterocycles. The summed E-state index contributed by atoms with van der Waals surface area (Å²) >= 11 is 1.40. The largest absolute Gasteiger partial charge is 0.373 e. The summed E-state index contributed by atoms with van der Waals surface area (Å²) < 4.78 is 5.71. The first-order chi connectivity index (χ1) is 9.54. The number of urea groups is 1. The Kier molecular flexibility index (Phi) is 5.33. The third-order valence-electron chi connectivity index (χ3n) is 3.28. The summed E-state index contributed by atoms with van der Waals surface area (Å²) in [6.45, 7) is 8.70. The number of aromatic nitrogens is 1. The van der Waals surface area contributed by atoms with Gasteiger partial charge >= 0.3 is 6.03 Å². The Morgan fingerprint density at radius 1 is 1.55 bits per heavy atom. The predicted molar refractivity (Wildman–Crippen MR) is 80.2 cm³/mol. The van der Waals surface area contributed by atoms with Gasteiger partial charge in [-0.2, -0.15) is 0 Å². The number of carbonyl (C=O) groups is 1. The van der Waals surface area contributed by atoms with Gasteiger partial charge in [0, 0.05) is 37.3 Å². The van der Waals surface area contributed by atoms with Crippen LogP contribution < -0.4 is 10.6 Å². The number of hydrogen-bond acceptors (Lipinski definition) is 5. The van der Waals surface area contributed by atoms with Crippen molar-refractivity contribution in [3.8, 4) is 0 Å². The molecule has 0 spiro atoms. The molecule has 2 rings (SSSR count). The molecule has 0 saturated carbocycles. The van der Waals surface area contributed by atoms with Crippen molar-refractivity contribution in [3.05, 3.63) is 11.6 Å². The van der Waals surface area contributed by atoms with Crippen LogP contribution in [0.3, 0.4) is 0 Å². The maximum Gasteiger partial charge on any atom is 0.321 e. The van der Waals surface area contributed by atoms with Crippen LogP contribution in [0.1, 0.15) is 20.8 Å². The number of rotatable bonds is 4. The van der Waals surface area contributed by atoms with E-state index in [1.165, 1.54) is 11.3 Å². The number of nitrogens with one attached hydrogen (secondary N) is 2. The van der Waals surface area contributed by atoms with E-state index in [1.807, 2.05) is 5.38 Å². The zero-order valence-electron chi connectivity index (χ0n) is 12.1. The minimum atomic E-state index is -0.207. The van der Waals surface area contributed by atoms with Gasteiger partial charge < -0.3 is 10.1 Å². The molecule has 1 fully saturated rings. The highest BCUT2D eigenvalue weighted by Crippen LogP contribution is 2.13. The van der Waals surface area contributed by atoms with Gasteiger partial charge in [0.25, 0.3) is 0 Å². The molecule has 0 bridgehead atoms. The van der Waals surface area contributed by atoms with Crippen LogP contribution in [-0.4, -0.2) is 53.8 Å². The zero-order chi connectivity index (χ0) is 14.5. The summed E-state index contributed by atoms with van der Waals surface area (Å²) in [6, 6.07) is 0.0759. The predicted octanol–water partition coefficient (Wildman–Crippen LogP) is 1.76. The third kappa shape index (κ3) is 4.43. The monoisotopic (exact) mass is 298 g/mol. The van der Waals surface area contributed by atoms with Crippen molar-refractivity contribution in [2.24, 2.45) is 0 Å². The molecule has 3 atom stereocenters. The van der Waals surface area contributed by atoms with Crippen molar-refractivity contribution in [1.29, 1.82) is 0 Å². The second-order valence-corrected chi connectivity index (χ2v) is 6.13. The average molecular weight is 298 g/mol. The molecular weight excluding hydrogens is 276 g/mol. The van der Waals surface area contributed by atoms with E-state index in [0.29, 0.717) is 11.7 Å². The number of amides is 2. The average Bonchev–Trinajstić information content (AvgIpc) is 2.87. The van der Waals surface area contributed by atoms with Crippen LogP contribution in [0.25, 0.3) is 0 Å². The van der Waals surface area contributed by atoms with E-state index in [4.69, 9.17) is 4.74 Å². The van der Waals surface area contributed by atoms with Gasteiger partial charge in [0.1, 0.15) is 0 Å². The van der Waals surface area contributed by atoms with Crippen molar-refractivity contribution in [1.82, 2.24) is 15.2 Å². The van der Waals surface area contributed by atoms with Crippen LogP contribution in [-0.2, 0) is 4.74 Å². The highest BCUT2D eigenvalue weighted by atomic mass is 32.1. The summed E-state index contributed by atoms with van der Waals surface area (Å²) in [7, 11) is 0. The Hall–Kier alpha value is -1.18. The van der Waals surface area contributed by atoms with E-state index in [1.54, 1.807) is 6.20 Å². The van der Waals surface area contributed by atoms with E-state index >= 15 is 0 Å². The molecule has 1 aromatic heterocycles. The first kappa shape index (κ1) is 15.2. The number of nitrogens with zero attached hydrogens (tertiary/aromatic N) is 2. The lowest BCUT2D eigenvalue weighted by atomic mass is 10.2. The first-order valence-corrected chi connectivity index (χ1v) is 7.76. The molecule has 0 radical (unpaired) electrons. The van der Waals surface area contributed by atoms with E-state index in [0.717, 1.165) is 13.1 Å². The fourth-order valence-corrected chi connectivity index (χ4v) is 2.90. The maximum absolute atomic E-state index is 11.7. The van der Waals surface area contributed by atoms with E-state index < -0.39 is 0 Å². The number of hydrogen-bond donors (Lipinski definition) is 2. The summed E-state index contributed by atoms with van der Waals surface area (Å²) in [6.07, 6.45) is 2.15. The molecule has 1 aromatic rings. The van der Waals surface area contributed by atoms with Gasteiger partial charge in [-0.1, -0.05) is 0 Å². The molecule has 2 amide bonds. The lowest BCUT2D eigenvalue weighted by Crippen LogP contribution is -2.52. The second kappa shape index (κ2) is 7.01. The number of carbonyl (C=O) groups excluding carboxylic acids is 1. The van der Waals surface area contributed by atoms with Crippen LogP contribution in [0.5, 0.6) is 0 Å². The highest BCUT2D eigenvalue weighted by Gasteiger charge is 2.25. The molecular formula is C13H22N4O2S. The zero-order valence-corrected chi connectivity index (χ0v) is 12.9. The Morgan fingerprint density at radius 2 is 2.25 bits per heavy atom. The van der Waals surface area contributed by atoms with Gasteiger partial charge in [0.15, 0.2) is 5.13 Å². The van der Waals surface area contributed by atoms with E-state index in [-0.39, 0.29) is 24.3 Å². The lowest BCUT2D eigenvalue weighted by molar-refractivity contribution is -0.0777. The fraction of sp³-hybridized carbons (Fsp3) is 0.692. The molecule has 0 aromatic carbocycles. The van der Waals surface area contributed by atoms with Gasteiger partial charge in [0.05, 0.1) is 12.2 Å².